The van der Waals surface area contributed by atoms with E-state index in [-0.39, 0.29) is 21.6 Å². The Morgan fingerprint density at radius 3 is 2.48 bits per heavy atom. The number of benzene rings is 2. The van der Waals surface area contributed by atoms with E-state index in [1.54, 1.807) is 12.1 Å². The van der Waals surface area contributed by atoms with Crippen LogP contribution in [0.4, 0.5) is 10.1 Å². The van der Waals surface area contributed by atoms with Crippen LogP contribution in [0.2, 0.25) is 0 Å². The number of carbonyl (C=O) groups excluding carboxylic acids is 1. The summed E-state index contributed by atoms with van der Waals surface area (Å²) in [6, 6.07) is 12.5. The first-order valence-electron chi connectivity index (χ1n) is 10.7. The number of rotatable bonds is 6. The molecule has 1 atom stereocenters. The largest absolute Gasteiger partial charge is 0.320 e. The van der Waals surface area contributed by atoms with E-state index < -0.39 is 15.9 Å². The van der Waals surface area contributed by atoms with Crippen LogP contribution >= 0.6 is 11.3 Å². The van der Waals surface area contributed by atoms with Gasteiger partial charge in [0.05, 0.1) is 4.90 Å². The molecule has 1 N–H and O–H groups in total. The van der Waals surface area contributed by atoms with Gasteiger partial charge in [0.1, 0.15) is 10.8 Å². The lowest BCUT2D eigenvalue weighted by Gasteiger charge is -2.30. The Morgan fingerprint density at radius 2 is 1.82 bits per heavy atom. The smallest absolute Gasteiger partial charge is 0.286 e. The molecule has 2 aromatic carbocycles. The Hall–Kier alpha value is -2.69. The molecule has 3 aromatic rings. The Balaban J connectivity index is 1.45. The van der Waals surface area contributed by atoms with Gasteiger partial charge in [0, 0.05) is 24.7 Å². The number of halogens is 1. The fraction of sp³-hybridized carbons (Fsp3) is 0.348. The van der Waals surface area contributed by atoms with Crippen LogP contribution in [-0.4, -0.2) is 41.9 Å². The molecule has 7 nitrogen and oxygen atoms in total. The maximum atomic E-state index is 13.2. The molecular formula is C23H25FN4O3S2. The van der Waals surface area contributed by atoms with Gasteiger partial charge in [-0.3, -0.25) is 4.79 Å². The predicted octanol–water partition coefficient (Wildman–Crippen LogP) is 4.62. The van der Waals surface area contributed by atoms with Crippen molar-refractivity contribution in [2.75, 3.05) is 18.4 Å². The maximum Gasteiger partial charge on any atom is 0.286 e. The van der Waals surface area contributed by atoms with Crippen molar-refractivity contribution in [3.8, 4) is 0 Å². The monoisotopic (exact) mass is 488 g/mol. The summed E-state index contributed by atoms with van der Waals surface area (Å²) in [7, 11) is -3.62. The highest BCUT2D eigenvalue weighted by atomic mass is 32.2. The standard InChI is InChI=1S/C23H25FN4O3S2/c1-15(2)16-5-11-20(12-6-16)33(30,31)28-13-3-4-17(14-28)22-26-27-23(32-22)21(29)25-19-9-7-18(24)8-10-19/h5-12,15,17H,3-4,13-14H2,1-2H3,(H,25,29)/t17-/m1/s1. The molecular weight excluding hydrogens is 463 g/mol. The summed E-state index contributed by atoms with van der Waals surface area (Å²) in [6.07, 6.45) is 1.47. The second kappa shape index (κ2) is 9.66. The van der Waals surface area contributed by atoms with Crippen LogP contribution in [0.5, 0.6) is 0 Å². The molecule has 1 aliphatic heterocycles. The molecule has 0 aliphatic carbocycles. The van der Waals surface area contributed by atoms with Crippen molar-refractivity contribution < 1.29 is 17.6 Å². The molecule has 10 heteroatoms. The molecule has 4 rings (SSSR count). The normalized spacial score (nSPS) is 17.3. The number of hydrogen-bond donors (Lipinski definition) is 1. The summed E-state index contributed by atoms with van der Waals surface area (Å²) in [5, 5.41) is 11.6. The summed E-state index contributed by atoms with van der Waals surface area (Å²) in [5.41, 5.74) is 1.54. The van der Waals surface area contributed by atoms with E-state index in [0.29, 0.717) is 36.1 Å². The summed E-state index contributed by atoms with van der Waals surface area (Å²) >= 11 is 1.15. The Kier molecular flexibility index (Phi) is 6.87. The van der Waals surface area contributed by atoms with Crippen LogP contribution < -0.4 is 5.32 Å². The van der Waals surface area contributed by atoms with Crippen molar-refractivity contribution in [3.05, 3.63) is 69.9 Å². The fourth-order valence-electron chi connectivity index (χ4n) is 3.75. The van der Waals surface area contributed by atoms with E-state index in [0.717, 1.165) is 23.3 Å². The number of nitrogens with zero attached hydrogens (tertiary/aromatic N) is 3. The van der Waals surface area contributed by atoms with Gasteiger partial charge in [-0.15, -0.1) is 10.2 Å². The SMILES string of the molecule is CC(C)c1ccc(S(=O)(=O)N2CCC[C@@H](c3nnc(C(=O)Nc4ccc(F)cc4)s3)C2)cc1. The third-order valence-electron chi connectivity index (χ3n) is 5.65. The molecule has 1 aromatic heterocycles. The van der Waals surface area contributed by atoms with E-state index >= 15 is 0 Å². The Morgan fingerprint density at radius 1 is 1.12 bits per heavy atom. The van der Waals surface area contributed by atoms with Crippen molar-refractivity contribution in [1.82, 2.24) is 14.5 Å². The molecule has 174 valence electrons. The van der Waals surface area contributed by atoms with Gasteiger partial charge in [0.2, 0.25) is 15.0 Å². The zero-order valence-corrected chi connectivity index (χ0v) is 20.0. The van der Waals surface area contributed by atoms with Crippen LogP contribution in [0.3, 0.4) is 0 Å². The average molecular weight is 489 g/mol. The summed E-state index contributed by atoms with van der Waals surface area (Å²) in [6.45, 7) is 4.87. The highest BCUT2D eigenvalue weighted by molar-refractivity contribution is 7.89. The molecule has 0 bridgehead atoms. The minimum atomic E-state index is -3.62. The van der Waals surface area contributed by atoms with Crippen LogP contribution in [-0.2, 0) is 10.0 Å². The van der Waals surface area contributed by atoms with E-state index in [2.05, 4.69) is 29.4 Å². The van der Waals surface area contributed by atoms with Crippen LogP contribution in [0.15, 0.2) is 53.4 Å². The maximum absolute atomic E-state index is 13.2. The molecule has 1 aliphatic rings. The second-order valence-electron chi connectivity index (χ2n) is 8.33. The number of sulfonamides is 1. The van der Waals surface area contributed by atoms with Crippen molar-refractivity contribution in [3.63, 3.8) is 0 Å². The number of nitrogens with one attached hydrogen (secondary N) is 1. The summed E-state index contributed by atoms with van der Waals surface area (Å²) in [4.78, 5) is 12.8. The minimum absolute atomic E-state index is 0.131. The van der Waals surface area contributed by atoms with Gasteiger partial charge in [-0.1, -0.05) is 37.3 Å². The first kappa shape index (κ1) is 23.5. The summed E-state index contributed by atoms with van der Waals surface area (Å²) in [5.74, 6) is -0.629. The first-order chi connectivity index (χ1) is 15.7. The zero-order chi connectivity index (χ0) is 23.6. The molecule has 0 unspecified atom stereocenters. The molecule has 1 amide bonds. The molecule has 2 heterocycles. The van der Waals surface area contributed by atoms with Crippen LogP contribution in [0, 0.1) is 5.82 Å². The Bertz CT molecular complexity index is 1230. The van der Waals surface area contributed by atoms with Crippen molar-refractivity contribution >= 4 is 33.0 Å². The van der Waals surface area contributed by atoms with E-state index in [9.17, 15) is 17.6 Å². The first-order valence-corrected chi connectivity index (χ1v) is 13.0. The van der Waals surface area contributed by atoms with Crippen molar-refractivity contribution in [2.24, 2.45) is 0 Å². The van der Waals surface area contributed by atoms with Crippen molar-refractivity contribution in [2.45, 2.75) is 43.4 Å². The molecule has 0 radical (unpaired) electrons. The lowest BCUT2D eigenvalue weighted by Crippen LogP contribution is -2.39. The van der Waals surface area contributed by atoms with Gasteiger partial charge in [-0.2, -0.15) is 4.31 Å². The molecule has 0 spiro atoms. The number of piperidine rings is 1. The molecule has 1 saturated heterocycles. The molecule has 0 saturated carbocycles. The summed E-state index contributed by atoms with van der Waals surface area (Å²) < 4.78 is 40.9. The molecule has 1 fully saturated rings. The topological polar surface area (TPSA) is 92.3 Å². The second-order valence-corrected chi connectivity index (χ2v) is 11.3. The van der Waals surface area contributed by atoms with Crippen LogP contribution in [0.25, 0.3) is 0 Å². The van der Waals surface area contributed by atoms with Gasteiger partial charge in [-0.05, 0) is 60.7 Å². The lowest BCUT2D eigenvalue weighted by molar-refractivity contribution is 0.102. The third kappa shape index (κ3) is 5.29. The van der Waals surface area contributed by atoms with Gasteiger partial charge >= 0.3 is 0 Å². The number of carbonyl (C=O) groups is 1. The average Bonchev–Trinajstić information content (AvgIpc) is 3.31. The number of anilines is 1. The highest BCUT2D eigenvalue weighted by Crippen LogP contribution is 2.32. The van der Waals surface area contributed by atoms with Crippen molar-refractivity contribution in [1.29, 1.82) is 0 Å². The zero-order valence-electron chi connectivity index (χ0n) is 18.4. The number of amides is 1. The van der Waals surface area contributed by atoms with Gasteiger partial charge in [-0.25, -0.2) is 12.8 Å². The van der Waals surface area contributed by atoms with Gasteiger partial charge in [0.15, 0.2) is 0 Å². The Labute approximate surface area is 196 Å². The molecule has 33 heavy (non-hydrogen) atoms. The highest BCUT2D eigenvalue weighted by Gasteiger charge is 2.33. The lowest BCUT2D eigenvalue weighted by atomic mass is 10.0. The minimum Gasteiger partial charge on any atom is -0.320 e. The number of aromatic nitrogens is 2. The quantitative estimate of drug-likeness (QED) is 0.547. The van der Waals surface area contributed by atoms with E-state index in [4.69, 9.17) is 0 Å². The van der Waals surface area contributed by atoms with E-state index in [1.807, 2.05) is 12.1 Å². The predicted molar refractivity (Wildman–Crippen MR) is 126 cm³/mol. The fourth-order valence-corrected chi connectivity index (χ4v) is 6.13. The van der Waals surface area contributed by atoms with Crippen LogP contribution in [0.1, 0.15) is 58.9 Å². The van der Waals surface area contributed by atoms with Gasteiger partial charge in [0.25, 0.3) is 5.91 Å². The van der Waals surface area contributed by atoms with Gasteiger partial charge < -0.3 is 5.32 Å². The van der Waals surface area contributed by atoms with E-state index in [1.165, 1.54) is 28.6 Å². The number of hydrogen-bond acceptors (Lipinski definition) is 6. The third-order valence-corrected chi connectivity index (χ3v) is 8.62.